The van der Waals surface area contributed by atoms with E-state index in [0.717, 1.165) is 22.6 Å². The Kier molecular flexibility index (Phi) is 7.34. The van der Waals surface area contributed by atoms with E-state index < -0.39 is 0 Å². The van der Waals surface area contributed by atoms with Gasteiger partial charge in [-0.1, -0.05) is 36.4 Å². The number of fused-ring (bicyclic) bond motifs is 1. The number of aromatic nitrogens is 3. The summed E-state index contributed by atoms with van der Waals surface area (Å²) in [5, 5.41) is 2.39. The number of pyridine rings is 3. The van der Waals surface area contributed by atoms with Gasteiger partial charge in [-0.2, -0.15) is 0 Å². The molecule has 0 saturated heterocycles. The Bertz CT molecular complexity index is 1100. The summed E-state index contributed by atoms with van der Waals surface area (Å²) >= 11 is 0. The first-order valence-corrected chi connectivity index (χ1v) is 9.05. The first-order chi connectivity index (χ1) is 13.9. The van der Waals surface area contributed by atoms with Crippen LogP contribution in [0.4, 0.5) is 0 Å². The van der Waals surface area contributed by atoms with E-state index in [1.165, 1.54) is 10.8 Å². The summed E-state index contributed by atoms with van der Waals surface area (Å²) < 4.78 is 0. The number of nitrogens with zero attached hydrogens (tertiary/aromatic N) is 3. The Morgan fingerprint density at radius 1 is 0.552 bits per heavy atom. The van der Waals surface area contributed by atoms with Crippen molar-refractivity contribution >= 4 is 10.8 Å². The van der Waals surface area contributed by atoms with Gasteiger partial charge in [-0.3, -0.25) is 9.97 Å². The summed E-state index contributed by atoms with van der Waals surface area (Å²) in [7, 11) is 0. The van der Waals surface area contributed by atoms with E-state index in [2.05, 4.69) is 33.2 Å². The van der Waals surface area contributed by atoms with Crippen LogP contribution in [0.3, 0.4) is 0 Å². The first kappa shape index (κ1) is 20.5. The molecular weight excluding hydrogens is 535 g/mol. The van der Waals surface area contributed by atoms with Gasteiger partial charge in [0.25, 0.3) is 0 Å². The number of hydrogen-bond acceptors (Lipinski definition) is 3. The van der Waals surface area contributed by atoms with Crippen molar-refractivity contribution < 1.29 is 20.1 Å². The molecule has 0 aliphatic rings. The molecule has 0 amide bonds. The smallest absolute Gasteiger partial charge is 0.0886 e. The van der Waals surface area contributed by atoms with Crippen LogP contribution in [0.2, 0.25) is 0 Å². The minimum Gasteiger partial charge on any atom is -0.304 e. The largest absolute Gasteiger partial charge is 0.304 e. The van der Waals surface area contributed by atoms with Gasteiger partial charge in [0.2, 0.25) is 0 Å². The molecule has 0 N–H and O–H groups in total. The summed E-state index contributed by atoms with van der Waals surface area (Å²) in [4.78, 5) is 12.8. The summed E-state index contributed by atoms with van der Waals surface area (Å²) in [6.07, 6.45) is 5.38. The Balaban J connectivity index is 0.000000167. The average Bonchev–Trinajstić information content (AvgIpc) is 2.81. The van der Waals surface area contributed by atoms with Crippen molar-refractivity contribution in [2.75, 3.05) is 0 Å². The van der Waals surface area contributed by atoms with Crippen molar-refractivity contribution in [2.45, 2.75) is 0 Å². The van der Waals surface area contributed by atoms with Crippen molar-refractivity contribution in [3.05, 3.63) is 116 Å². The van der Waals surface area contributed by atoms with Crippen molar-refractivity contribution in [1.29, 1.82) is 0 Å². The van der Waals surface area contributed by atoms with E-state index in [-0.39, 0.29) is 20.1 Å². The topological polar surface area (TPSA) is 38.7 Å². The van der Waals surface area contributed by atoms with Gasteiger partial charge in [0.1, 0.15) is 0 Å². The van der Waals surface area contributed by atoms with E-state index in [0.29, 0.717) is 0 Å². The standard InChI is InChI=1S/C15H10N.C10H8N2.Ir/c1-2-7-13(8-3-1)15-14-9-5-4-6-12(14)10-11-16-15;1-3-7-11-9(5-1)10-6-2-4-8-12-10;/h1-7,9-11H;1-8H;/q-1;;. The van der Waals surface area contributed by atoms with Gasteiger partial charge >= 0.3 is 0 Å². The molecule has 0 fully saturated rings. The van der Waals surface area contributed by atoms with Crippen LogP contribution in [-0.2, 0) is 20.1 Å². The van der Waals surface area contributed by atoms with Crippen molar-refractivity contribution in [2.24, 2.45) is 0 Å². The zero-order chi connectivity index (χ0) is 19.0. The van der Waals surface area contributed by atoms with Crippen LogP contribution in [0.15, 0.2) is 110 Å². The second-order valence-electron chi connectivity index (χ2n) is 6.09. The van der Waals surface area contributed by atoms with Crippen molar-refractivity contribution in [3.63, 3.8) is 0 Å². The van der Waals surface area contributed by atoms with Gasteiger partial charge in [0, 0.05) is 38.7 Å². The van der Waals surface area contributed by atoms with Crippen LogP contribution in [-0.4, -0.2) is 15.0 Å². The number of rotatable bonds is 2. The third kappa shape index (κ3) is 5.20. The van der Waals surface area contributed by atoms with Crippen LogP contribution >= 0.6 is 0 Å². The molecular formula is C25H18IrN3-. The molecule has 0 spiro atoms. The van der Waals surface area contributed by atoms with Crippen molar-refractivity contribution in [3.8, 4) is 22.6 Å². The zero-order valence-corrected chi connectivity index (χ0v) is 18.0. The first-order valence-electron chi connectivity index (χ1n) is 9.05. The van der Waals surface area contributed by atoms with Gasteiger partial charge in [-0.25, -0.2) is 0 Å². The molecule has 5 aromatic rings. The molecule has 0 aliphatic heterocycles. The Morgan fingerprint density at radius 2 is 1.21 bits per heavy atom. The Labute approximate surface area is 183 Å². The van der Waals surface area contributed by atoms with Crippen LogP contribution in [0.25, 0.3) is 33.4 Å². The fourth-order valence-corrected chi connectivity index (χ4v) is 2.90. The third-order valence-electron chi connectivity index (χ3n) is 4.23. The van der Waals surface area contributed by atoms with Gasteiger partial charge in [-0.15, -0.1) is 35.9 Å². The monoisotopic (exact) mass is 553 g/mol. The summed E-state index contributed by atoms with van der Waals surface area (Å²) in [6, 6.07) is 33.0. The average molecular weight is 553 g/mol. The molecule has 1 radical (unpaired) electrons. The zero-order valence-electron chi connectivity index (χ0n) is 15.6. The molecule has 0 bridgehead atoms. The molecule has 5 rings (SSSR count). The maximum Gasteiger partial charge on any atom is 0.0886 e. The maximum atomic E-state index is 4.45. The normalized spacial score (nSPS) is 9.79. The molecule has 4 heteroatoms. The van der Waals surface area contributed by atoms with E-state index >= 15 is 0 Å². The molecule has 29 heavy (non-hydrogen) atoms. The quantitative estimate of drug-likeness (QED) is 0.258. The van der Waals surface area contributed by atoms with E-state index in [9.17, 15) is 0 Å². The summed E-state index contributed by atoms with van der Waals surface area (Å²) in [5.41, 5.74) is 3.87. The molecule has 0 unspecified atom stereocenters. The fraction of sp³-hybridized carbons (Fsp3) is 0. The number of hydrogen-bond donors (Lipinski definition) is 0. The summed E-state index contributed by atoms with van der Waals surface area (Å²) in [5.74, 6) is 0. The molecule has 0 saturated carbocycles. The van der Waals surface area contributed by atoms with Gasteiger partial charge < -0.3 is 4.98 Å². The van der Waals surface area contributed by atoms with Crippen molar-refractivity contribution in [1.82, 2.24) is 15.0 Å². The fourth-order valence-electron chi connectivity index (χ4n) is 2.90. The van der Waals surface area contributed by atoms with Crippen LogP contribution in [0, 0.1) is 6.07 Å². The third-order valence-corrected chi connectivity index (χ3v) is 4.23. The molecule has 3 aromatic heterocycles. The minimum atomic E-state index is 0. The second kappa shape index (κ2) is 10.4. The van der Waals surface area contributed by atoms with Gasteiger partial charge in [0.15, 0.2) is 0 Å². The predicted molar refractivity (Wildman–Crippen MR) is 113 cm³/mol. The van der Waals surface area contributed by atoms with E-state index in [4.69, 9.17) is 0 Å². The minimum absolute atomic E-state index is 0. The molecule has 0 aliphatic carbocycles. The predicted octanol–water partition coefficient (Wildman–Crippen LogP) is 5.84. The Morgan fingerprint density at radius 3 is 1.83 bits per heavy atom. The van der Waals surface area contributed by atoms with Gasteiger partial charge in [-0.05, 0) is 46.8 Å². The van der Waals surface area contributed by atoms with Gasteiger partial charge in [0.05, 0.1) is 11.4 Å². The van der Waals surface area contributed by atoms with E-state index in [1.807, 2.05) is 85.1 Å². The number of benzene rings is 2. The molecule has 0 atom stereocenters. The maximum absolute atomic E-state index is 4.45. The van der Waals surface area contributed by atoms with E-state index in [1.54, 1.807) is 12.4 Å². The molecule has 143 valence electrons. The molecule has 3 nitrogen and oxygen atoms in total. The molecule has 2 aromatic carbocycles. The van der Waals surface area contributed by atoms with Crippen LogP contribution < -0.4 is 0 Å². The summed E-state index contributed by atoms with van der Waals surface area (Å²) in [6.45, 7) is 0. The SMILES string of the molecule is [Ir].[c-]1ccccc1-c1nccc2ccccc12.c1ccc(-c2ccccn2)nc1. The van der Waals surface area contributed by atoms with Crippen LogP contribution in [0.5, 0.6) is 0 Å². The van der Waals surface area contributed by atoms with Crippen LogP contribution in [0.1, 0.15) is 0 Å². The molecule has 3 heterocycles. The second-order valence-corrected chi connectivity index (χ2v) is 6.09. The Hall–Kier alpha value is -3.20.